The Balaban J connectivity index is 0.904. The quantitative estimate of drug-likeness (QED) is 0.243. The molecule has 8 nitrogen and oxygen atoms in total. The van der Waals surface area contributed by atoms with Crippen molar-refractivity contribution in [2.75, 3.05) is 0 Å². The van der Waals surface area contributed by atoms with Gasteiger partial charge in [-0.2, -0.15) is 0 Å². The molecular formula is C54H71ClN2O6. The van der Waals surface area contributed by atoms with Crippen molar-refractivity contribution in [1.29, 1.82) is 0 Å². The van der Waals surface area contributed by atoms with E-state index in [0.717, 1.165) is 80.9 Å². The Morgan fingerprint density at radius 3 is 2.02 bits per heavy atom. The average molecular weight is 880 g/mol. The van der Waals surface area contributed by atoms with Crippen LogP contribution in [0.3, 0.4) is 0 Å². The number of rotatable bonds is 9. The van der Waals surface area contributed by atoms with Crippen molar-refractivity contribution in [2.24, 2.45) is 62.6 Å². The van der Waals surface area contributed by atoms with Crippen LogP contribution in [0.1, 0.15) is 150 Å². The minimum Gasteiger partial charge on any atom is -0.462 e. The largest absolute Gasteiger partial charge is 0.462 e. The molecule has 0 unspecified atom stereocenters. The van der Waals surface area contributed by atoms with Gasteiger partial charge in [-0.3, -0.25) is 14.4 Å². The van der Waals surface area contributed by atoms with Crippen LogP contribution in [0.2, 0.25) is 5.02 Å². The third-order valence-electron chi connectivity index (χ3n) is 19.5. The van der Waals surface area contributed by atoms with Crippen LogP contribution in [0.15, 0.2) is 65.7 Å². The number of amides is 2. The van der Waals surface area contributed by atoms with E-state index in [9.17, 15) is 19.2 Å². The molecule has 6 fully saturated rings. The molecule has 9 rings (SSSR count). The molecule has 7 aliphatic carbocycles. The number of ether oxygens (including phenoxy) is 2. The Morgan fingerprint density at radius 2 is 1.37 bits per heavy atom. The number of benzene rings is 2. The van der Waals surface area contributed by atoms with Gasteiger partial charge in [0.1, 0.15) is 12.7 Å². The highest BCUT2D eigenvalue weighted by molar-refractivity contribution is 6.30. The van der Waals surface area contributed by atoms with E-state index >= 15 is 0 Å². The van der Waals surface area contributed by atoms with Crippen LogP contribution in [-0.2, 0) is 36.0 Å². The Bertz CT molecular complexity index is 2210. The molecule has 0 radical (unpaired) electrons. The maximum atomic E-state index is 14.2. The monoisotopic (exact) mass is 879 g/mol. The molecule has 0 spiro atoms. The number of ketones is 1. The highest BCUT2D eigenvalue weighted by Gasteiger charge is 2.71. The van der Waals surface area contributed by atoms with Crippen LogP contribution in [0.5, 0.6) is 0 Å². The molecule has 0 aromatic heterocycles. The minimum absolute atomic E-state index is 0.0304. The van der Waals surface area contributed by atoms with E-state index in [4.69, 9.17) is 21.1 Å². The lowest BCUT2D eigenvalue weighted by Gasteiger charge is -2.72. The van der Waals surface area contributed by atoms with Gasteiger partial charge in [0, 0.05) is 16.9 Å². The molecule has 2 amide bonds. The number of carbonyl (C=O) groups is 4. The minimum atomic E-state index is -0.674. The van der Waals surface area contributed by atoms with Crippen LogP contribution in [-0.4, -0.2) is 35.4 Å². The summed E-state index contributed by atoms with van der Waals surface area (Å²) in [5, 5.41) is 7.57. The molecule has 340 valence electrons. The van der Waals surface area contributed by atoms with Crippen LogP contribution in [0.4, 0.5) is 4.79 Å². The molecule has 2 aromatic carbocycles. The first-order chi connectivity index (χ1) is 29.6. The van der Waals surface area contributed by atoms with E-state index in [1.54, 1.807) is 0 Å². The Kier molecular flexibility index (Phi) is 10.8. The molecule has 2 aromatic rings. The summed E-state index contributed by atoms with van der Waals surface area (Å²) in [6.07, 6.45) is 10.1. The summed E-state index contributed by atoms with van der Waals surface area (Å²) < 4.78 is 12.3. The number of halogens is 1. The van der Waals surface area contributed by atoms with E-state index in [2.05, 4.69) is 59.1 Å². The Labute approximate surface area is 380 Å². The van der Waals surface area contributed by atoms with E-state index in [0.29, 0.717) is 29.7 Å². The van der Waals surface area contributed by atoms with Crippen molar-refractivity contribution < 1.29 is 28.7 Å². The number of allylic oxidation sites excluding steroid dienone is 1. The summed E-state index contributed by atoms with van der Waals surface area (Å²) in [5.41, 5.74) is 2.41. The van der Waals surface area contributed by atoms with Crippen LogP contribution in [0, 0.1) is 62.6 Å². The Morgan fingerprint density at radius 1 is 0.714 bits per heavy atom. The second-order valence-electron chi connectivity index (χ2n) is 23.5. The SMILES string of the molecule is CC(C)C1=C2[C@H]3CC[C@@H]4[C@@]5(C)CC[C@H](OC(=O)[C@H]6C[C@@H](C(=O)OCc7ccccc7)C6(C)C)C(C)(C)[C@@H]5CC[C@@]4(C)[C@]3(C)CC[C@@]2(NC(=O)NC2(c3ccc(Cl)cc3)CC2)CC1=O. The normalized spacial score (nSPS) is 37.9. The van der Waals surface area contributed by atoms with E-state index in [-0.39, 0.29) is 81.8 Å². The van der Waals surface area contributed by atoms with Crippen molar-refractivity contribution in [1.82, 2.24) is 10.6 Å². The van der Waals surface area contributed by atoms with Gasteiger partial charge in [-0.25, -0.2) is 4.79 Å². The number of nitrogens with one attached hydrogen (secondary N) is 2. The molecule has 63 heavy (non-hydrogen) atoms. The molecule has 0 heterocycles. The number of carbonyl (C=O) groups excluding carboxylic acids is 4. The molecule has 7 aliphatic rings. The highest BCUT2D eigenvalue weighted by Crippen LogP contribution is 2.76. The van der Waals surface area contributed by atoms with Crippen molar-refractivity contribution in [3.05, 3.63) is 81.9 Å². The fourth-order valence-corrected chi connectivity index (χ4v) is 15.7. The molecule has 6 saturated carbocycles. The maximum absolute atomic E-state index is 14.2. The van der Waals surface area contributed by atoms with Gasteiger partial charge in [-0.15, -0.1) is 0 Å². The molecule has 0 bridgehead atoms. The number of hydrogen-bond acceptors (Lipinski definition) is 6. The summed E-state index contributed by atoms with van der Waals surface area (Å²) in [5.74, 6) is 0.249. The van der Waals surface area contributed by atoms with Gasteiger partial charge in [0.25, 0.3) is 0 Å². The molecule has 0 saturated heterocycles. The predicted molar refractivity (Wildman–Crippen MR) is 245 cm³/mol. The molecule has 2 N–H and O–H groups in total. The second-order valence-corrected chi connectivity index (χ2v) is 23.9. The number of esters is 2. The zero-order chi connectivity index (χ0) is 45.1. The second kappa shape index (κ2) is 15.2. The van der Waals surface area contributed by atoms with Gasteiger partial charge >= 0.3 is 18.0 Å². The number of fused-ring (bicyclic) bond motifs is 7. The maximum Gasteiger partial charge on any atom is 0.316 e. The lowest BCUT2D eigenvalue weighted by molar-refractivity contribution is -0.235. The van der Waals surface area contributed by atoms with Gasteiger partial charge < -0.3 is 20.1 Å². The molecular weight excluding hydrogens is 808 g/mol. The standard InChI is InChI=1S/C54H71ClN2O6/c1-32(2)43-39(58)30-54(57-47(61)56-53(27-28-53)34-15-17-35(55)18-16-34)26-25-51(8)36(44(43)54)19-20-41-50(7)23-22-42(49(5,6)40(50)21-24-52(41,51)9)63-46(60)38-29-37(48(38,3)4)45(59)62-31-33-13-11-10-12-14-33/h10-18,32,36-38,40-42H,19-31H2,1-9H3,(H2,56,57,61)/t36-,37+,38-,40+,41-,42+,50+,51-,52-,54-/m1/s1. The van der Waals surface area contributed by atoms with Crippen LogP contribution < -0.4 is 10.6 Å². The highest BCUT2D eigenvalue weighted by atomic mass is 35.5. The fourth-order valence-electron chi connectivity index (χ4n) is 15.6. The summed E-state index contributed by atoms with van der Waals surface area (Å²) >= 11 is 6.22. The van der Waals surface area contributed by atoms with Crippen molar-refractivity contribution >= 4 is 35.4 Å². The van der Waals surface area contributed by atoms with Crippen molar-refractivity contribution in [2.45, 2.75) is 163 Å². The lowest BCUT2D eigenvalue weighted by Crippen LogP contribution is -2.67. The number of urea groups is 1. The summed E-state index contributed by atoms with van der Waals surface area (Å²) in [7, 11) is 0. The van der Waals surface area contributed by atoms with Crippen LogP contribution in [0.25, 0.3) is 0 Å². The summed E-state index contributed by atoms with van der Waals surface area (Å²) in [4.78, 5) is 55.6. The van der Waals surface area contributed by atoms with Gasteiger partial charge in [0.15, 0.2) is 5.78 Å². The average Bonchev–Trinajstić information content (AvgIpc) is 3.93. The molecule has 9 heteroatoms. The molecule has 0 aliphatic heterocycles. The molecule has 10 atom stereocenters. The fraction of sp³-hybridized carbons (Fsp3) is 0.667. The Hall–Kier alpha value is -3.65. The topological polar surface area (TPSA) is 111 Å². The van der Waals surface area contributed by atoms with E-state index in [1.807, 2.05) is 68.4 Å². The van der Waals surface area contributed by atoms with Gasteiger partial charge in [0.05, 0.1) is 22.9 Å². The first-order valence-electron chi connectivity index (χ1n) is 24.2. The lowest BCUT2D eigenvalue weighted by atomic mass is 9.33. The van der Waals surface area contributed by atoms with Gasteiger partial charge in [-0.05, 0) is 150 Å². The van der Waals surface area contributed by atoms with Crippen molar-refractivity contribution in [3.63, 3.8) is 0 Å². The van der Waals surface area contributed by atoms with E-state index < -0.39 is 16.5 Å². The first kappa shape index (κ1) is 44.5. The number of Topliss-reactive ketones (excluding diaryl/α,β-unsaturated/α-hetero) is 1. The predicted octanol–water partition coefficient (Wildman–Crippen LogP) is 11.7. The third kappa shape index (κ3) is 6.86. The van der Waals surface area contributed by atoms with Gasteiger partial charge in [-0.1, -0.05) is 116 Å². The first-order valence-corrected chi connectivity index (χ1v) is 24.5. The smallest absolute Gasteiger partial charge is 0.316 e. The number of hydrogen-bond donors (Lipinski definition) is 2. The van der Waals surface area contributed by atoms with Crippen molar-refractivity contribution in [3.8, 4) is 0 Å². The third-order valence-corrected chi connectivity index (χ3v) is 19.8. The summed E-state index contributed by atoms with van der Waals surface area (Å²) in [6, 6.07) is 17.3. The zero-order valence-electron chi connectivity index (χ0n) is 39.3. The summed E-state index contributed by atoms with van der Waals surface area (Å²) in [6.45, 7) is 20.9. The zero-order valence-corrected chi connectivity index (χ0v) is 40.0. The van der Waals surface area contributed by atoms with Gasteiger partial charge in [0.2, 0.25) is 0 Å². The van der Waals surface area contributed by atoms with E-state index in [1.165, 1.54) is 5.57 Å². The van der Waals surface area contributed by atoms with Crippen LogP contribution >= 0.6 is 11.6 Å².